The van der Waals surface area contributed by atoms with Crippen molar-refractivity contribution >= 4 is 17.9 Å². The number of ether oxygens (including phenoxy) is 1. The van der Waals surface area contributed by atoms with Gasteiger partial charge in [0, 0.05) is 6.42 Å². The van der Waals surface area contributed by atoms with Gasteiger partial charge < -0.3 is 15.8 Å². The van der Waals surface area contributed by atoms with E-state index >= 15 is 0 Å². The van der Waals surface area contributed by atoms with E-state index < -0.39 is 41.8 Å². The number of rotatable bonds is 4. The first-order chi connectivity index (χ1) is 10.5. The summed E-state index contributed by atoms with van der Waals surface area (Å²) < 4.78 is 18.8. The summed E-state index contributed by atoms with van der Waals surface area (Å²) in [5.74, 6) is 0.907. The fraction of sp³-hybridized carbons (Fsp3) is 0.667. The normalized spacial score (nSPS) is 22.1. The molecule has 0 aromatic carbocycles. The maximum atomic E-state index is 13.7. The molecular weight excluding hydrogens is 305 g/mol. The average molecular weight is 327 g/mol. The average Bonchev–Trinajstić information content (AvgIpc) is 2.77. The number of hydrogen-bond donors (Lipinski definition) is 2. The maximum Gasteiger partial charge on any atom is 0.411 e. The van der Waals surface area contributed by atoms with Gasteiger partial charge in [0.05, 0.1) is 19.0 Å². The molecule has 1 aliphatic heterocycles. The molecule has 3 N–H and O–H groups in total. The van der Waals surface area contributed by atoms with Crippen molar-refractivity contribution in [3.8, 4) is 12.3 Å². The van der Waals surface area contributed by atoms with Gasteiger partial charge in [0.25, 0.3) is 0 Å². The molecule has 3 atom stereocenters. The first-order valence-electron chi connectivity index (χ1n) is 7.22. The van der Waals surface area contributed by atoms with E-state index in [4.69, 9.17) is 16.9 Å². The van der Waals surface area contributed by atoms with E-state index in [-0.39, 0.29) is 19.4 Å². The SMILES string of the molecule is C#C[C@H](CC(N)=O)NC(=O)[C@@H]1C[C@@H](F)CN1C(=O)OC(C)(C)C. The Morgan fingerprint density at radius 3 is 2.57 bits per heavy atom. The summed E-state index contributed by atoms with van der Waals surface area (Å²) in [5, 5.41) is 2.42. The van der Waals surface area contributed by atoms with Crippen LogP contribution in [0.3, 0.4) is 0 Å². The monoisotopic (exact) mass is 327 g/mol. The standard InChI is InChI=1S/C15H22FN3O4/c1-5-10(7-12(17)20)18-13(21)11-6-9(16)8-19(11)14(22)23-15(2,3)4/h1,9-11H,6-8H2,2-4H3,(H2,17,20)(H,18,21)/t9-,10-,11+/m1/s1. The van der Waals surface area contributed by atoms with E-state index in [1.165, 1.54) is 0 Å². The molecule has 1 heterocycles. The molecule has 0 bridgehead atoms. The second kappa shape index (κ2) is 7.31. The molecule has 0 saturated carbocycles. The van der Waals surface area contributed by atoms with Crippen LogP contribution in [0.4, 0.5) is 9.18 Å². The summed E-state index contributed by atoms with van der Waals surface area (Å²) in [6, 6.07) is -1.94. The van der Waals surface area contributed by atoms with Crippen LogP contribution in [-0.2, 0) is 14.3 Å². The molecule has 0 aliphatic carbocycles. The second-order valence-electron chi connectivity index (χ2n) is 6.38. The highest BCUT2D eigenvalue weighted by molar-refractivity contribution is 5.87. The second-order valence-corrected chi connectivity index (χ2v) is 6.38. The van der Waals surface area contributed by atoms with Gasteiger partial charge in [0.1, 0.15) is 17.8 Å². The van der Waals surface area contributed by atoms with Gasteiger partial charge in [0.2, 0.25) is 11.8 Å². The minimum absolute atomic E-state index is 0.154. The minimum atomic E-state index is -1.33. The zero-order valence-corrected chi connectivity index (χ0v) is 13.5. The first kappa shape index (κ1) is 18.7. The van der Waals surface area contributed by atoms with Crippen molar-refractivity contribution in [3.05, 3.63) is 0 Å². The van der Waals surface area contributed by atoms with Gasteiger partial charge in [-0.15, -0.1) is 6.42 Å². The number of hydrogen-bond acceptors (Lipinski definition) is 4. The number of carbonyl (C=O) groups excluding carboxylic acids is 3. The number of amides is 3. The lowest BCUT2D eigenvalue weighted by Gasteiger charge is -2.28. The number of alkyl halides is 1. The van der Waals surface area contributed by atoms with Crippen LogP contribution in [0.25, 0.3) is 0 Å². The number of nitrogens with two attached hydrogens (primary N) is 1. The van der Waals surface area contributed by atoms with Crippen molar-refractivity contribution in [3.63, 3.8) is 0 Å². The van der Waals surface area contributed by atoms with Crippen LogP contribution in [0.5, 0.6) is 0 Å². The van der Waals surface area contributed by atoms with Crippen LogP contribution >= 0.6 is 0 Å². The highest BCUT2D eigenvalue weighted by atomic mass is 19.1. The number of nitrogens with one attached hydrogen (secondary N) is 1. The lowest BCUT2D eigenvalue weighted by Crippen LogP contribution is -2.50. The Labute approximate surface area is 134 Å². The number of halogens is 1. The predicted molar refractivity (Wildman–Crippen MR) is 80.8 cm³/mol. The third kappa shape index (κ3) is 5.77. The predicted octanol–water partition coefficient (Wildman–Crippen LogP) is 0.327. The van der Waals surface area contributed by atoms with E-state index in [0.717, 1.165) is 4.90 Å². The fourth-order valence-corrected chi connectivity index (χ4v) is 2.18. The maximum absolute atomic E-state index is 13.7. The molecule has 0 spiro atoms. The molecule has 1 rings (SSSR count). The molecule has 3 amide bonds. The number of likely N-dealkylation sites (tertiary alicyclic amines) is 1. The van der Waals surface area contributed by atoms with Gasteiger partial charge in [0.15, 0.2) is 0 Å². The molecule has 0 unspecified atom stereocenters. The number of primary amides is 1. The van der Waals surface area contributed by atoms with Crippen molar-refractivity contribution in [2.75, 3.05) is 6.54 Å². The van der Waals surface area contributed by atoms with Crippen LogP contribution in [-0.4, -0.2) is 53.2 Å². The van der Waals surface area contributed by atoms with Crippen LogP contribution in [0.2, 0.25) is 0 Å². The van der Waals surface area contributed by atoms with E-state index in [1.54, 1.807) is 20.8 Å². The highest BCUT2D eigenvalue weighted by Crippen LogP contribution is 2.23. The summed E-state index contributed by atoms with van der Waals surface area (Å²) in [6.45, 7) is 4.78. The Morgan fingerprint density at radius 1 is 1.48 bits per heavy atom. The molecule has 128 valence electrons. The van der Waals surface area contributed by atoms with Crippen LogP contribution in [0.1, 0.15) is 33.6 Å². The van der Waals surface area contributed by atoms with Crippen LogP contribution in [0.15, 0.2) is 0 Å². The minimum Gasteiger partial charge on any atom is -0.444 e. The van der Waals surface area contributed by atoms with Crippen molar-refractivity contribution in [2.45, 2.75) is 57.5 Å². The third-order valence-corrected chi connectivity index (χ3v) is 3.10. The number of terminal acetylenes is 1. The molecule has 7 nitrogen and oxygen atoms in total. The smallest absolute Gasteiger partial charge is 0.411 e. The summed E-state index contributed by atoms with van der Waals surface area (Å²) in [5.41, 5.74) is 4.27. The summed E-state index contributed by atoms with van der Waals surface area (Å²) >= 11 is 0. The Bertz CT molecular complexity index is 524. The molecule has 1 saturated heterocycles. The molecular formula is C15H22FN3O4. The first-order valence-corrected chi connectivity index (χ1v) is 7.22. The van der Waals surface area contributed by atoms with E-state index in [1.807, 2.05) is 0 Å². The van der Waals surface area contributed by atoms with Gasteiger partial charge in [-0.2, -0.15) is 0 Å². The quantitative estimate of drug-likeness (QED) is 0.726. The molecule has 0 aromatic heterocycles. The summed E-state index contributed by atoms with van der Waals surface area (Å²) in [6.07, 6.45) is 2.72. The van der Waals surface area contributed by atoms with Crippen molar-refractivity contribution in [2.24, 2.45) is 5.73 Å². The van der Waals surface area contributed by atoms with Crippen molar-refractivity contribution < 1.29 is 23.5 Å². The molecule has 23 heavy (non-hydrogen) atoms. The Balaban J connectivity index is 2.78. The molecule has 1 fully saturated rings. The van der Waals surface area contributed by atoms with E-state index in [0.29, 0.717) is 0 Å². The third-order valence-electron chi connectivity index (χ3n) is 3.10. The Morgan fingerprint density at radius 2 is 2.09 bits per heavy atom. The Hall–Kier alpha value is -2.30. The van der Waals surface area contributed by atoms with E-state index in [2.05, 4.69) is 11.2 Å². The Kier molecular flexibility index (Phi) is 5.96. The zero-order valence-electron chi connectivity index (χ0n) is 13.5. The van der Waals surface area contributed by atoms with Crippen LogP contribution in [0, 0.1) is 12.3 Å². The van der Waals surface area contributed by atoms with Crippen molar-refractivity contribution in [1.29, 1.82) is 0 Å². The lowest BCUT2D eigenvalue weighted by molar-refractivity contribution is -0.126. The van der Waals surface area contributed by atoms with Gasteiger partial charge in [-0.3, -0.25) is 14.5 Å². The number of carbonyl (C=O) groups is 3. The molecule has 1 aliphatic rings. The van der Waals surface area contributed by atoms with Crippen molar-refractivity contribution in [1.82, 2.24) is 10.2 Å². The van der Waals surface area contributed by atoms with Gasteiger partial charge in [-0.1, -0.05) is 5.92 Å². The molecule has 8 heteroatoms. The summed E-state index contributed by atoms with van der Waals surface area (Å²) in [4.78, 5) is 36.3. The van der Waals surface area contributed by atoms with Gasteiger partial charge in [-0.25, -0.2) is 9.18 Å². The highest BCUT2D eigenvalue weighted by Gasteiger charge is 2.42. The van der Waals surface area contributed by atoms with Crippen LogP contribution < -0.4 is 11.1 Å². The fourth-order valence-electron chi connectivity index (χ4n) is 2.18. The van der Waals surface area contributed by atoms with E-state index in [9.17, 15) is 18.8 Å². The largest absolute Gasteiger partial charge is 0.444 e. The molecule has 0 radical (unpaired) electrons. The summed E-state index contributed by atoms with van der Waals surface area (Å²) in [7, 11) is 0. The lowest BCUT2D eigenvalue weighted by atomic mass is 10.1. The number of nitrogens with zero attached hydrogens (tertiary/aromatic N) is 1. The molecule has 0 aromatic rings. The topological polar surface area (TPSA) is 102 Å². The van der Waals surface area contributed by atoms with Gasteiger partial charge >= 0.3 is 6.09 Å². The zero-order chi connectivity index (χ0) is 17.8. The van der Waals surface area contributed by atoms with Gasteiger partial charge in [-0.05, 0) is 20.8 Å².